The van der Waals surface area contributed by atoms with Crippen molar-refractivity contribution in [3.8, 4) is 0 Å². The smallest absolute Gasteiger partial charge is 0.388 e. The molecule has 3 nitrogen and oxygen atoms in total. The van der Waals surface area contributed by atoms with Gasteiger partial charge in [0.2, 0.25) is 0 Å². The minimum absolute atomic E-state index is 0.0467. The molecule has 0 saturated carbocycles. The van der Waals surface area contributed by atoms with Crippen molar-refractivity contribution in [2.45, 2.75) is 31.5 Å². The van der Waals surface area contributed by atoms with Gasteiger partial charge in [-0.15, -0.1) is 0 Å². The summed E-state index contributed by atoms with van der Waals surface area (Å²) in [6, 6.07) is 13.8. The Hall–Kier alpha value is -2.34. The molecule has 1 amide bonds. The molecule has 0 bridgehead atoms. The topological polar surface area (TPSA) is 49.3 Å². The molecule has 0 radical (unpaired) electrons. The monoisotopic (exact) mass is 351 g/mol. The highest BCUT2D eigenvalue weighted by Gasteiger charge is 2.31. The van der Waals surface area contributed by atoms with Crippen LogP contribution >= 0.6 is 0 Å². The Kier molecular flexibility index (Phi) is 5.85. The average Bonchev–Trinajstić information content (AvgIpc) is 2.58. The Bertz CT molecular complexity index is 712. The van der Waals surface area contributed by atoms with E-state index in [4.69, 9.17) is 0 Å². The molecule has 1 unspecified atom stereocenters. The Morgan fingerprint density at radius 3 is 2.40 bits per heavy atom. The zero-order valence-electron chi connectivity index (χ0n) is 13.8. The second-order valence-corrected chi connectivity index (χ2v) is 6.24. The maximum atomic E-state index is 12.7. The van der Waals surface area contributed by atoms with Crippen LogP contribution in [0.2, 0.25) is 0 Å². The molecule has 134 valence electrons. The molecule has 2 N–H and O–H groups in total. The quantitative estimate of drug-likeness (QED) is 0.831. The minimum Gasteiger partial charge on any atom is -0.388 e. The molecular formula is C19H20F3NO2. The largest absolute Gasteiger partial charge is 0.416 e. The van der Waals surface area contributed by atoms with Crippen molar-refractivity contribution in [3.05, 3.63) is 71.3 Å². The van der Waals surface area contributed by atoms with Crippen LogP contribution in [0.5, 0.6) is 0 Å². The van der Waals surface area contributed by atoms with Crippen molar-refractivity contribution in [2.75, 3.05) is 6.54 Å². The Morgan fingerprint density at radius 1 is 1.08 bits per heavy atom. The van der Waals surface area contributed by atoms with E-state index in [2.05, 4.69) is 5.32 Å². The molecule has 1 atom stereocenters. The predicted molar refractivity (Wildman–Crippen MR) is 89.2 cm³/mol. The third-order valence-electron chi connectivity index (χ3n) is 3.88. The van der Waals surface area contributed by atoms with Crippen LogP contribution in [-0.4, -0.2) is 23.2 Å². The van der Waals surface area contributed by atoms with Gasteiger partial charge in [-0.1, -0.05) is 36.4 Å². The fraction of sp³-hybridized carbons (Fsp3) is 0.316. The van der Waals surface area contributed by atoms with Crippen molar-refractivity contribution in [1.29, 1.82) is 0 Å². The van der Waals surface area contributed by atoms with Crippen molar-refractivity contribution in [2.24, 2.45) is 0 Å². The molecule has 2 rings (SSSR count). The summed E-state index contributed by atoms with van der Waals surface area (Å²) >= 11 is 0. The first-order valence-electron chi connectivity index (χ1n) is 7.89. The van der Waals surface area contributed by atoms with Crippen LogP contribution in [0.4, 0.5) is 13.2 Å². The summed E-state index contributed by atoms with van der Waals surface area (Å²) in [6.45, 7) is 1.54. The number of carbonyl (C=O) groups excluding carboxylic acids is 1. The molecule has 2 aromatic carbocycles. The van der Waals surface area contributed by atoms with Gasteiger partial charge in [0.1, 0.15) is 0 Å². The van der Waals surface area contributed by atoms with Crippen LogP contribution in [0.3, 0.4) is 0 Å². The van der Waals surface area contributed by atoms with Gasteiger partial charge >= 0.3 is 6.18 Å². The van der Waals surface area contributed by atoms with Gasteiger partial charge < -0.3 is 10.4 Å². The van der Waals surface area contributed by atoms with Gasteiger partial charge in [0.15, 0.2) is 0 Å². The average molecular weight is 351 g/mol. The normalized spacial score (nSPS) is 14.0. The van der Waals surface area contributed by atoms with E-state index in [-0.39, 0.29) is 12.1 Å². The van der Waals surface area contributed by atoms with Crippen molar-refractivity contribution in [3.63, 3.8) is 0 Å². The molecule has 0 saturated heterocycles. The second-order valence-electron chi connectivity index (χ2n) is 6.24. The third kappa shape index (κ3) is 5.90. The summed E-state index contributed by atoms with van der Waals surface area (Å²) in [5.41, 5.74) is -1.07. The van der Waals surface area contributed by atoms with E-state index in [0.29, 0.717) is 12.8 Å². The second kappa shape index (κ2) is 7.70. The molecular weight excluding hydrogens is 331 g/mol. The highest BCUT2D eigenvalue weighted by atomic mass is 19.4. The molecule has 0 aromatic heterocycles. The first-order valence-corrected chi connectivity index (χ1v) is 7.89. The van der Waals surface area contributed by atoms with E-state index in [0.717, 1.165) is 17.7 Å². The Morgan fingerprint density at radius 2 is 1.76 bits per heavy atom. The van der Waals surface area contributed by atoms with Crippen LogP contribution in [0, 0.1) is 0 Å². The number of carbonyl (C=O) groups is 1. The molecule has 0 spiro atoms. The van der Waals surface area contributed by atoms with Gasteiger partial charge in [-0.2, -0.15) is 13.2 Å². The number of benzene rings is 2. The lowest BCUT2D eigenvalue weighted by molar-refractivity contribution is -0.137. The zero-order chi connectivity index (χ0) is 18.5. The summed E-state index contributed by atoms with van der Waals surface area (Å²) < 4.78 is 38.1. The summed E-state index contributed by atoms with van der Waals surface area (Å²) in [4.78, 5) is 12.1. The van der Waals surface area contributed by atoms with E-state index in [9.17, 15) is 23.1 Å². The van der Waals surface area contributed by atoms with Crippen LogP contribution in [0.15, 0.2) is 54.6 Å². The van der Waals surface area contributed by atoms with Crippen molar-refractivity contribution in [1.82, 2.24) is 5.32 Å². The van der Waals surface area contributed by atoms with Gasteiger partial charge in [0.25, 0.3) is 5.91 Å². The number of amides is 1. The van der Waals surface area contributed by atoms with E-state index in [1.807, 2.05) is 30.3 Å². The van der Waals surface area contributed by atoms with Crippen molar-refractivity contribution < 1.29 is 23.1 Å². The lowest BCUT2D eigenvalue weighted by Crippen LogP contribution is -2.41. The molecule has 0 fully saturated rings. The number of aliphatic hydroxyl groups is 1. The zero-order valence-corrected chi connectivity index (χ0v) is 13.8. The van der Waals surface area contributed by atoms with E-state index >= 15 is 0 Å². The third-order valence-corrected chi connectivity index (χ3v) is 3.88. The molecule has 0 aliphatic carbocycles. The summed E-state index contributed by atoms with van der Waals surface area (Å²) in [6.07, 6.45) is -3.45. The number of halogens is 3. The number of alkyl halides is 3. The lowest BCUT2D eigenvalue weighted by atomic mass is 9.96. The molecule has 0 aliphatic rings. The van der Waals surface area contributed by atoms with Crippen LogP contribution < -0.4 is 5.32 Å². The maximum Gasteiger partial charge on any atom is 0.416 e. The first-order chi connectivity index (χ1) is 11.7. The number of rotatable bonds is 6. The van der Waals surface area contributed by atoms with Crippen LogP contribution in [0.25, 0.3) is 0 Å². The standard InChI is InChI=1S/C19H20F3NO2/c1-18(25,11-10-14-6-3-2-4-7-14)13-23-17(24)15-8-5-9-16(12-15)19(20,21)22/h2-9,12,25H,10-11,13H2,1H3,(H,23,24). The predicted octanol–water partition coefficient (Wildman–Crippen LogP) is 3.82. The first kappa shape index (κ1) is 19.0. The van der Waals surface area contributed by atoms with Crippen LogP contribution in [-0.2, 0) is 12.6 Å². The molecule has 0 heterocycles. The number of hydrogen-bond acceptors (Lipinski definition) is 2. The van der Waals surface area contributed by atoms with E-state index in [1.165, 1.54) is 12.1 Å². The summed E-state index contributed by atoms with van der Waals surface area (Å²) in [5, 5.41) is 12.9. The van der Waals surface area contributed by atoms with E-state index < -0.39 is 23.2 Å². The number of hydrogen-bond donors (Lipinski definition) is 2. The van der Waals surface area contributed by atoms with Crippen molar-refractivity contribution >= 4 is 5.91 Å². The highest BCUT2D eigenvalue weighted by Crippen LogP contribution is 2.29. The molecule has 0 aliphatic heterocycles. The summed E-state index contributed by atoms with van der Waals surface area (Å²) in [7, 11) is 0. The van der Waals surface area contributed by atoms with Gasteiger partial charge in [-0.05, 0) is 43.5 Å². The lowest BCUT2D eigenvalue weighted by Gasteiger charge is -2.24. The van der Waals surface area contributed by atoms with Gasteiger partial charge in [0, 0.05) is 12.1 Å². The minimum atomic E-state index is -4.50. The molecule has 2 aromatic rings. The van der Waals surface area contributed by atoms with Gasteiger partial charge in [-0.25, -0.2) is 0 Å². The fourth-order valence-corrected chi connectivity index (χ4v) is 2.36. The number of aryl methyl sites for hydroxylation is 1. The maximum absolute atomic E-state index is 12.7. The Balaban J connectivity index is 1.92. The fourth-order valence-electron chi connectivity index (χ4n) is 2.36. The van der Waals surface area contributed by atoms with Crippen LogP contribution in [0.1, 0.15) is 34.8 Å². The van der Waals surface area contributed by atoms with Gasteiger partial charge in [0.05, 0.1) is 11.2 Å². The Labute approximate surface area is 144 Å². The highest BCUT2D eigenvalue weighted by molar-refractivity contribution is 5.94. The number of nitrogens with one attached hydrogen (secondary N) is 1. The van der Waals surface area contributed by atoms with E-state index in [1.54, 1.807) is 6.92 Å². The summed E-state index contributed by atoms with van der Waals surface area (Å²) in [5.74, 6) is -0.647. The molecule has 25 heavy (non-hydrogen) atoms. The molecule has 6 heteroatoms. The van der Waals surface area contributed by atoms with Gasteiger partial charge in [-0.3, -0.25) is 4.79 Å². The SMILES string of the molecule is CC(O)(CCc1ccccc1)CNC(=O)c1cccc(C(F)(F)F)c1.